The molecule has 1 rings (SSSR count). The molecule has 4 heteroatoms. The van der Waals surface area contributed by atoms with Gasteiger partial charge < -0.3 is 14.8 Å². The van der Waals surface area contributed by atoms with Crippen molar-refractivity contribution in [1.29, 1.82) is 0 Å². The lowest BCUT2D eigenvalue weighted by atomic mass is 10.2. The topological polar surface area (TPSA) is 30.5 Å². The SMILES string of the molecule is CNCCOCc1cc(F)ccc1OC. The van der Waals surface area contributed by atoms with Gasteiger partial charge in [0.15, 0.2) is 0 Å². The molecular weight excluding hydrogens is 197 g/mol. The Balaban J connectivity index is 2.54. The zero-order valence-corrected chi connectivity index (χ0v) is 9.05. The van der Waals surface area contributed by atoms with Crippen LogP contribution >= 0.6 is 0 Å². The van der Waals surface area contributed by atoms with E-state index in [2.05, 4.69) is 5.32 Å². The van der Waals surface area contributed by atoms with Crippen LogP contribution in [-0.4, -0.2) is 27.3 Å². The van der Waals surface area contributed by atoms with Crippen LogP contribution in [0.1, 0.15) is 5.56 Å². The second kappa shape index (κ2) is 6.37. The van der Waals surface area contributed by atoms with Crippen molar-refractivity contribution in [2.24, 2.45) is 0 Å². The van der Waals surface area contributed by atoms with Gasteiger partial charge in [-0.3, -0.25) is 0 Å². The van der Waals surface area contributed by atoms with Gasteiger partial charge in [-0.2, -0.15) is 0 Å². The maximum absolute atomic E-state index is 12.9. The van der Waals surface area contributed by atoms with Crippen LogP contribution in [0.15, 0.2) is 18.2 Å². The highest BCUT2D eigenvalue weighted by atomic mass is 19.1. The molecule has 0 amide bonds. The van der Waals surface area contributed by atoms with E-state index in [0.717, 1.165) is 12.1 Å². The molecule has 15 heavy (non-hydrogen) atoms. The molecule has 1 aromatic carbocycles. The van der Waals surface area contributed by atoms with Gasteiger partial charge in [0.1, 0.15) is 11.6 Å². The van der Waals surface area contributed by atoms with Crippen LogP contribution < -0.4 is 10.1 Å². The van der Waals surface area contributed by atoms with Gasteiger partial charge >= 0.3 is 0 Å². The summed E-state index contributed by atoms with van der Waals surface area (Å²) in [4.78, 5) is 0. The summed E-state index contributed by atoms with van der Waals surface area (Å²) in [6.45, 7) is 1.73. The maximum Gasteiger partial charge on any atom is 0.124 e. The molecule has 1 aromatic rings. The van der Waals surface area contributed by atoms with Crippen LogP contribution in [0.4, 0.5) is 4.39 Å². The Morgan fingerprint density at radius 3 is 2.87 bits per heavy atom. The molecule has 0 aliphatic carbocycles. The number of likely N-dealkylation sites (N-methyl/N-ethyl adjacent to an activating group) is 1. The molecule has 0 radical (unpaired) electrons. The fourth-order valence-corrected chi connectivity index (χ4v) is 1.22. The van der Waals surface area contributed by atoms with Crippen LogP contribution in [0.3, 0.4) is 0 Å². The van der Waals surface area contributed by atoms with Crippen LogP contribution in [-0.2, 0) is 11.3 Å². The molecule has 0 saturated carbocycles. The quantitative estimate of drug-likeness (QED) is 0.728. The van der Waals surface area contributed by atoms with E-state index in [9.17, 15) is 4.39 Å². The fourth-order valence-electron chi connectivity index (χ4n) is 1.22. The molecule has 0 aliphatic rings. The molecule has 1 N–H and O–H groups in total. The first kappa shape index (κ1) is 11.9. The molecule has 0 fully saturated rings. The van der Waals surface area contributed by atoms with Gasteiger partial charge in [0.25, 0.3) is 0 Å². The van der Waals surface area contributed by atoms with Crippen LogP contribution in [0.5, 0.6) is 5.75 Å². The minimum atomic E-state index is -0.275. The van der Waals surface area contributed by atoms with Crippen molar-refractivity contribution in [1.82, 2.24) is 5.32 Å². The first-order valence-corrected chi connectivity index (χ1v) is 4.82. The smallest absolute Gasteiger partial charge is 0.124 e. The third kappa shape index (κ3) is 3.85. The lowest BCUT2D eigenvalue weighted by Crippen LogP contribution is -2.14. The van der Waals surface area contributed by atoms with Crippen LogP contribution in [0.2, 0.25) is 0 Å². The van der Waals surface area contributed by atoms with Crippen molar-refractivity contribution < 1.29 is 13.9 Å². The van der Waals surface area contributed by atoms with Gasteiger partial charge in [0, 0.05) is 12.1 Å². The second-order valence-corrected chi connectivity index (χ2v) is 3.11. The number of hydrogen-bond donors (Lipinski definition) is 1. The van der Waals surface area contributed by atoms with E-state index in [0.29, 0.717) is 19.0 Å². The zero-order valence-electron chi connectivity index (χ0n) is 9.05. The summed E-state index contributed by atoms with van der Waals surface area (Å²) in [6, 6.07) is 4.40. The molecule has 0 unspecified atom stereocenters. The van der Waals surface area contributed by atoms with Gasteiger partial charge in [0.2, 0.25) is 0 Å². The number of hydrogen-bond acceptors (Lipinski definition) is 3. The molecule has 3 nitrogen and oxygen atoms in total. The normalized spacial score (nSPS) is 10.3. The summed E-state index contributed by atoms with van der Waals surface area (Å²) >= 11 is 0. The first-order chi connectivity index (χ1) is 7.27. The van der Waals surface area contributed by atoms with Crippen LogP contribution in [0.25, 0.3) is 0 Å². The standard InChI is InChI=1S/C11H16FNO2/c1-13-5-6-15-8-9-7-10(12)3-4-11(9)14-2/h3-4,7,13H,5-6,8H2,1-2H3. The Hall–Kier alpha value is -1.13. The number of ether oxygens (including phenoxy) is 2. The van der Waals surface area contributed by atoms with Gasteiger partial charge in [-0.1, -0.05) is 0 Å². The van der Waals surface area contributed by atoms with Crippen molar-refractivity contribution in [3.05, 3.63) is 29.6 Å². The summed E-state index contributed by atoms with van der Waals surface area (Å²) in [5.74, 6) is 0.379. The Morgan fingerprint density at radius 1 is 1.40 bits per heavy atom. The lowest BCUT2D eigenvalue weighted by molar-refractivity contribution is 0.122. The summed E-state index contributed by atoms with van der Waals surface area (Å²) in [6.07, 6.45) is 0. The average molecular weight is 213 g/mol. The minimum Gasteiger partial charge on any atom is -0.496 e. The molecule has 0 bridgehead atoms. The molecule has 0 atom stereocenters. The van der Waals surface area contributed by atoms with E-state index in [1.165, 1.54) is 12.1 Å². The Bertz CT molecular complexity index is 305. The Labute approximate surface area is 89.2 Å². The number of methoxy groups -OCH3 is 1. The minimum absolute atomic E-state index is 0.275. The highest BCUT2D eigenvalue weighted by Gasteiger charge is 2.04. The summed E-state index contributed by atoms with van der Waals surface area (Å²) in [7, 11) is 3.41. The van der Waals surface area contributed by atoms with Gasteiger partial charge in [-0.25, -0.2) is 4.39 Å². The number of halogens is 1. The lowest BCUT2D eigenvalue weighted by Gasteiger charge is -2.09. The summed E-state index contributed by atoms with van der Waals surface area (Å²) < 4.78 is 23.4. The second-order valence-electron chi connectivity index (χ2n) is 3.11. The summed E-state index contributed by atoms with van der Waals surface area (Å²) in [5, 5.41) is 2.96. The number of benzene rings is 1. The third-order valence-electron chi connectivity index (χ3n) is 2.00. The van der Waals surface area contributed by atoms with Gasteiger partial charge in [-0.05, 0) is 25.2 Å². The largest absolute Gasteiger partial charge is 0.496 e. The van der Waals surface area contributed by atoms with Crippen LogP contribution in [0, 0.1) is 5.82 Å². The van der Waals surface area contributed by atoms with E-state index in [-0.39, 0.29) is 5.82 Å². The third-order valence-corrected chi connectivity index (χ3v) is 2.00. The fraction of sp³-hybridized carbons (Fsp3) is 0.455. The predicted molar refractivity (Wildman–Crippen MR) is 56.5 cm³/mol. The zero-order chi connectivity index (χ0) is 11.1. The predicted octanol–water partition coefficient (Wildman–Crippen LogP) is 1.57. The monoisotopic (exact) mass is 213 g/mol. The van der Waals surface area contributed by atoms with Crippen molar-refractivity contribution in [3.63, 3.8) is 0 Å². The van der Waals surface area contributed by atoms with Crippen molar-refractivity contribution >= 4 is 0 Å². The summed E-state index contributed by atoms with van der Waals surface area (Å²) in [5.41, 5.74) is 0.730. The molecule has 0 spiro atoms. The van der Waals surface area contributed by atoms with Gasteiger partial charge in [0.05, 0.1) is 20.3 Å². The van der Waals surface area contributed by atoms with E-state index in [1.54, 1.807) is 13.2 Å². The average Bonchev–Trinajstić information content (AvgIpc) is 2.25. The van der Waals surface area contributed by atoms with E-state index >= 15 is 0 Å². The first-order valence-electron chi connectivity index (χ1n) is 4.82. The molecular formula is C11H16FNO2. The van der Waals surface area contributed by atoms with E-state index in [4.69, 9.17) is 9.47 Å². The van der Waals surface area contributed by atoms with Crippen molar-refractivity contribution in [2.45, 2.75) is 6.61 Å². The molecule has 84 valence electrons. The Kier molecular flexibility index (Phi) is 5.07. The van der Waals surface area contributed by atoms with E-state index < -0.39 is 0 Å². The number of rotatable bonds is 6. The van der Waals surface area contributed by atoms with Gasteiger partial charge in [-0.15, -0.1) is 0 Å². The highest BCUT2D eigenvalue weighted by molar-refractivity contribution is 5.33. The van der Waals surface area contributed by atoms with Crippen molar-refractivity contribution in [2.75, 3.05) is 27.3 Å². The molecule has 0 aromatic heterocycles. The molecule has 0 saturated heterocycles. The molecule has 0 aliphatic heterocycles. The highest BCUT2D eigenvalue weighted by Crippen LogP contribution is 2.19. The van der Waals surface area contributed by atoms with Crippen molar-refractivity contribution in [3.8, 4) is 5.75 Å². The number of nitrogens with one attached hydrogen (secondary N) is 1. The maximum atomic E-state index is 12.9. The Morgan fingerprint density at radius 2 is 2.20 bits per heavy atom. The molecule has 0 heterocycles. The van der Waals surface area contributed by atoms with E-state index in [1.807, 2.05) is 7.05 Å².